The summed E-state index contributed by atoms with van der Waals surface area (Å²) >= 11 is 0. The second kappa shape index (κ2) is 8.98. The molecule has 0 unspecified atom stereocenters. The summed E-state index contributed by atoms with van der Waals surface area (Å²) in [4.78, 5) is 56.1. The predicted molar refractivity (Wildman–Crippen MR) is 130 cm³/mol. The van der Waals surface area contributed by atoms with Crippen molar-refractivity contribution in [2.24, 2.45) is 0 Å². The van der Waals surface area contributed by atoms with Crippen LogP contribution in [0.2, 0.25) is 0 Å². The Morgan fingerprint density at radius 1 is 0.943 bits per heavy atom. The van der Waals surface area contributed by atoms with Gasteiger partial charge in [-0.3, -0.25) is 19.3 Å². The van der Waals surface area contributed by atoms with Gasteiger partial charge in [0.15, 0.2) is 0 Å². The zero-order valence-electron chi connectivity index (χ0n) is 18.9. The van der Waals surface area contributed by atoms with Crippen LogP contribution in [0.5, 0.6) is 0 Å². The van der Waals surface area contributed by atoms with Crippen LogP contribution in [0, 0.1) is 0 Å². The molecule has 0 bridgehead atoms. The number of carbonyl (C=O) groups excluding carboxylic acids is 3. The van der Waals surface area contributed by atoms with E-state index in [4.69, 9.17) is 4.42 Å². The molecule has 4 aromatic rings. The number of hydrogen-bond acceptors (Lipinski definition) is 6. The molecule has 1 aliphatic rings. The number of nitrogens with one attached hydrogen (secondary N) is 1. The maximum absolute atomic E-state index is 12.9. The van der Waals surface area contributed by atoms with Crippen molar-refractivity contribution in [3.05, 3.63) is 93.8 Å². The SMILES string of the molecule is CCCCN1C(=O)c2ccc(C(=O)Nc3cccc(-c4nc5ccccc5c(=O)o4)c3)cc2C1=O. The highest BCUT2D eigenvalue weighted by Crippen LogP contribution is 2.26. The fraction of sp³-hybridized carbons (Fsp3) is 0.148. The van der Waals surface area contributed by atoms with Crippen LogP contribution in [0.4, 0.5) is 5.69 Å². The van der Waals surface area contributed by atoms with E-state index in [1.54, 1.807) is 48.5 Å². The first-order valence-electron chi connectivity index (χ1n) is 11.3. The molecule has 0 fully saturated rings. The number of benzene rings is 3. The van der Waals surface area contributed by atoms with Crippen molar-refractivity contribution in [2.75, 3.05) is 11.9 Å². The zero-order chi connectivity index (χ0) is 24.5. The van der Waals surface area contributed by atoms with E-state index in [1.165, 1.54) is 23.1 Å². The van der Waals surface area contributed by atoms with E-state index in [-0.39, 0.29) is 28.8 Å². The molecule has 0 spiro atoms. The van der Waals surface area contributed by atoms with Crippen LogP contribution in [0.15, 0.2) is 75.9 Å². The van der Waals surface area contributed by atoms with Crippen LogP contribution in [-0.2, 0) is 0 Å². The quantitative estimate of drug-likeness (QED) is 0.418. The molecule has 35 heavy (non-hydrogen) atoms. The van der Waals surface area contributed by atoms with Crippen LogP contribution in [0.1, 0.15) is 50.8 Å². The highest BCUT2D eigenvalue weighted by molar-refractivity contribution is 6.22. The zero-order valence-corrected chi connectivity index (χ0v) is 18.9. The van der Waals surface area contributed by atoms with Gasteiger partial charge in [-0.15, -0.1) is 0 Å². The summed E-state index contributed by atoms with van der Waals surface area (Å²) in [6, 6.07) is 18.1. The van der Waals surface area contributed by atoms with Crippen LogP contribution >= 0.6 is 0 Å². The largest absolute Gasteiger partial charge is 0.403 e. The van der Waals surface area contributed by atoms with Gasteiger partial charge in [0.2, 0.25) is 5.89 Å². The molecular weight excluding hydrogens is 446 g/mol. The highest BCUT2D eigenvalue weighted by atomic mass is 16.4. The van der Waals surface area contributed by atoms with E-state index >= 15 is 0 Å². The fourth-order valence-electron chi connectivity index (χ4n) is 4.03. The number of nitrogens with zero attached hydrogens (tertiary/aromatic N) is 2. The van der Waals surface area contributed by atoms with Crippen LogP contribution in [-0.4, -0.2) is 34.2 Å². The van der Waals surface area contributed by atoms with Crippen LogP contribution in [0.3, 0.4) is 0 Å². The average Bonchev–Trinajstić information content (AvgIpc) is 3.11. The van der Waals surface area contributed by atoms with E-state index < -0.39 is 11.5 Å². The molecule has 2 heterocycles. The lowest BCUT2D eigenvalue weighted by molar-refractivity contribution is 0.0652. The summed E-state index contributed by atoms with van der Waals surface area (Å²) in [7, 11) is 0. The second-order valence-electron chi connectivity index (χ2n) is 8.23. The van der Waals surface area contributed by atoms with Gasteiger partial charge in [0.05, 0.1) is 22.0 Å². The van der Waals surface area contributed by atoms with Crippen molar-refractivity contribution >= 4 is 34.3 Å². The Morgan fingerprint density at radius 2 is 1.74 bits per heavy atom. The average molecular weight is 467 g/mol. The van der Waals surface area contributed by atoms with Gasteiger partial charge in [-0.25, -0.2) is 9.78 Å². The number of amides is 3. The first-order chi connectivity index (χ1) is 17.0. The van der Waals surface area contributed by atoms with E-state index in [9.17, 15) is 19.2 Å². The third-order valence-corrected chi connectivity index (χ3v) is 5.87. The molecule has 0 saturated carbocycles. The Labute approximate surface area is 200 Å². The number of fused-ring (bicyclic) bond motifs is 2. The molecule has 1 aliphatic heterocycles. The lowest BCUT2D eigenvalue weighted by Gasteiger charge is -2.12. The minimum Gasteiger partial charge on any atom is -0.403 e. The Kier molecular flexibility index (Phi) is 5.70. The number of hydrogen-bond donors (Lipinski definition) is 1. The number of imide groups is 1. The second-order valence-corrected chi connectivity index (χ2v) is 8.23. The molecule has 8 heteroatoms. The Bertz CT molecular complexity index is 1560. The highest BCUT2D eigenvalue weighted by Gasteiger charge is 2.35. The van der Waals surface area contributed by atoms with Gasteiger partial charge in [-0.1, -0.05) is 31.5 Å². The van der Waals surface area contributed by atoms with Gasteiger partial charge < -0.3 is 9.73 Å². The lowest BCUT2D eigenvalue weighted by atomic mass is 10.1. The maximum atomic E-state index is 12.9. The van der Waals surface area contributed by atoms with Crippen molar-refractivity contribution in [2.45, 2.75) is 19.8 Å². The molecule has 8 nitrogen and oxygen atoms in total. The van der Waals surface area contributed by atoms with Crippen LogP contribution in [0.25, 0.3) is 22.4 Å². The molecule has 1 N–H and O–H groups in total. The van der Waals surface area contributed by atoms with Crippen LogP contribution < -0.4 is 10.9 Å². The summed E-state index contributed by atoms with van der Waals surface area (Å²) in [5.41, 5.74) is 1.79. The van der Waals surface area contributed by atoms with E-state index in [0.717, 1.165) is 12.8 Å². The third-order valence-electron chi connectivity index (χ3n) is 5.87. The number of para-hydroxylation sites is 1. The summed E-state index contributed by atoms with van der Waals surface area (Å²) < 4.78 is 5.38. The van der Waals surface area contributed by atoms with Gasteiger partial charge in [0, 0.05) is 23.4 Å². The first-order valence-corrected chi connectivity index (χ1v) is 11.3. The van der Waals surface area contributed by atoms with E-state index in [1.807, 2.05) is 6.92 Å². The number of unbranched alkanes of at least 4 members (excludes halogenated alkanes) is 1. The van der Waals surface area contributed by atoms with Crippen molar-refractivity contribution in [3.8, 4) is 11.5 Å². The maximum Gasteiger partial charge on any atom is 0.347 e. The topological polar surface area (TPSA) is 110 Å². The fourth-order valence-corrected chi connectivity index (χ4v) is 4.03. The molecule has 0 radical (unpaired) electrons. The third kappa shape index (κ3) is 4.10. The Hall–Kier alpha value is -4.59. The summed E-state index contributed by atoms with van der Waals surface area (Å²) in [5.74, 6) is -1.02. The van der Waals surface area contributed by atoms with Crippen molar-refractivity contribution in [1.29, 1.82) is 0 Å². The van der Waals surface area contributed by atoms with Crippen molar-refractivity contribution in [1.82, 2.24) is 9.88 Å². The molecule has 174 valence electrons. The van der Waals surface area contributed by atoms with Gasteiger partial charge in [0.1, 0.15) is 0 Å². The number of aromatic nitrogens is 1. The normalized spacial score (nSPS) is 12.8. The monoisotopic (exact) mass is 467 g/mol. The molecule has 5 rings (SSSR count). The molecule has 3 aromatic carbocycles. The molecule has 0 aliphatic carbocycles. The number of anilines is 1. The van der Waals surface area contributed by atoms with Gasteiger partial charge >= 0.3 is 5.63 Å². The number of carbonyl (C=O) groups is 3. The van der Waals surface area contributed by atoms with Crippen molar-refractivity contribution < 1.29 is 18.8 Å². The molecule has 0 atom stereocenters. The molecule has 0 saturated heterocycles. The van der Waals surface area contributed by atoms with E-state index in [2.05, 4.69) is 10.3 Å². The number of rotatable bonds is 6. The summed E-state index contributed by atoms with van der Waals surface area (Å²) in [5, 5.41) is 3.17. The van der Waals surface area contributed by atoms with Gasteiger partial charge in [-0.2, -0.15) is 0 Å². The minimum absolute atomic E-state index is 0.138. The predicted octanol–water partition coefficient (Wildman–Crippen LogP) is 4.50. The van der Waals surface area contributed by atoms with Gasteiger partial charge in [-0.05, 0) is 55.0 Å². The Balaban J connectivity index is 1.39. The smallest absolute Gasteiger partial charge is 0.347 e. The molecule has 3 amide bonds. The van der Waals surface area contributed by atoms with Crippen molar-refractivity contribution in [3.63, 3.8) is 0 Å². The summed E-state index contributed by atoms with van der Waals surface area (Å²) in [6.07, 6.45) is 1.58. The minimum atomic E-state index is -0.495. The Morgan fingerprint density at radius 3 is 2.57 bits per heavy atom. The van der Waals surface area contributed by atoms with E-state index in [0.29, 0.717) is 34.3 Å². The lowest BCUT2D eigenvalue weighted by Crippen LogP contribution is -2.30. The first kappa shape index (κ1) is 22.2. The standard InChI is InChI=1S/C27H21N3O5/c1-2-3-13-30-25(32)19-12-11-16(15-21(19)26(30)33)23(31)28-18-8-6-7-17(14-18)24-29-22-10-5-4-9-20(22)27(34)35-24/h4-12,14-15H,2-3,13H2,1H3,(H,28,31). The summed E-state index contributed by atoms with van der Waals surface area (Å²) in [6.45, 7) is 2.34. The molecule has 1 aromatic heterocycles. The molecular formula is C27H21N3O5. The van der Waals surface area contributed by atoms with Gasteiger partial charge in [0.25, 0.3) is 17.7 Å².